The minimum Gasteiger partial charge on any atom is -0.478 e. The molecule has 0 spiro atoms. The second-order valence-corrected chi connectivity index (χ2v) is 22.3. The topological polar surface area (TPSA) is 158 Å². The summed E-state index contributed by atoms with van der Waals surface area (Å²) in [7, 11) is -8.19. The van der Waals surface area contributed by atoms with Crippen molar-refractivity contribution in [3.05, 3.63) is 188 Å². The molecule has 0 saturated carbocycles. The third kappa shape index (κ3) is 15.5. The van der Waals surface area contributed by atoms with Crippen LogP contribution in [-0.4, -0.2) is 57.8 Å². The molecule has 6 aromatic rings. The van der Waals surface area contributed by atoms with Crippen LogP contribution in [0.2, 0.25) is 0 Å². The van der Waals surface area contributed by atoms with E-state index in [9.17, 15) is 52.8 Å². The Labute approximate surface area is 435 Å². The number of rotatable bonds is 21. The molecule has 6 rings (SSSR count). The molecule has 0 amide bonds. The van der Waals surface area contributed by atoms with Gasteiger partial charge in [0.1, 0.15) is 0 Å². The largest absolute Gasteiger partial charge is 0.478 e. The van der Waals surface area contributed by atoms with Gasteiger partial charge in [-0.1, -0.05) is 74.0 Å². The molecular weight excluding hydrogens is 1020 g/mol. The van der Waals surface area contributed by atoms with Crippen molar-refractivity contribution in [3.63, 3.8) is 0 Å². The van der Waals surface area contributed by atoms with Gasteiger partial charge in [-0.15, -0.1) is 0 Å². The molecule has 3 N–H and O–H groups in total. The number of aryl methyl sites for hydroxylation is 4. The van der Waals surface area contributed by atoms with Crippen LogP contribution < -0.4 is 9.62 Å². The summed E-state index contributed by atoms with van der Waals surface area (Å²) in [5.74, 6) is -2.57. The zero-order valence-corrected chi connectivity index (χ0v) is 44.3. The Bertz CT molecular complexity index is 3130. The van der Waals surface area contributed by atoms with Crippen molar-refractivity contribution in [2.24, 2.45) is 0 Å². The van der Waals surface area contributed by atoms with E-state index in [2.05, 4.69) is 12.2 Å². The Morgan fingerprint density at radius 3 is 1.49 bits per heavy atom. The third-order valence-corrected chi connectivity index (χ3v) is 17.2. The van der Waals surface area contributed by atoms with Crippen LogP contribution in [0.25, 0.3) is 0 Å². The Balaban J connectivity index is 0.000000278. The minimum absolute atomic E-state index is 0.0189. The second kappa shape index (κ2) is 25.2. The van der Waals surface area contributed by atoms with Crippen molar-refractivity contribution < 1.29 is 63.0 Å². The van der Waals surface area contributed by atoms with Gasteiger partial charge in [0.15, 0.2) is 9.84 Å². The summed E-state index contributed by atoms with van der Waals surface area (Å²) in [6.45, 7) is 12.7. The van der Waals surface area contributed by atoms with Crippen molar-refractivity contribution >= 4 is 43.2 Å². The highest BCUT2D eigenvalue weighted by Crippen LogP contribution is 2.38. The molecule has 75 heavy (non-hydrogen) atoms. The summed E-state index contributed by atoms with van der Waals surface area (Å²) in [5.41, 5.74) is 7.29. The molecule has 0 bridgehead atoms. The van der Waals surface area contributed by atoms with Crippen LogP contribution in [0.5, 0.6) is 0 Å². The average molecular weight is 1080 g/mol. The number of anilines is 2. The number of hydrogen-bond donors (Lipinski definition) is 3. The fourth-order valence-electron chi connectivity index (χ4n) is 8.56. The first kappa shape index (κ1) is 59.2. The predicted octanol–water partition coefficient (Wildman–Crippen LogP) is 13.6. The number of halogens is 6. The minimum atomic E-state index is -5.13. The number of sulfonamides is 1. The summed E-state index contributed by atoms with van der Waals surface area (Å²) in [6.07, 6.45) is -5.70. The Morgan fingerprint density at radius 1 is 0.560 bits per heavy atom. The quantitative estimate of drug-likeness (QED) is 0.0471. The lowest BCUT2D eigenvalue weighted by molar-refractivity contribution is -0.143. The van der Waals surface area contributed by atoms with Gasteiger partial charge < -0.3 is 15.5 Å². The zero-order valence-electron chi connectivity index (χ0n) is 42.6. The number of benzene rings is 6. The Morgan fingerprint density at radius 2 is 1.01 bits per heavy atom. The normalized spacial score (nSPS) is 11.9. The number of para-hydroxylation sites is 2. The summed E-state index contributed by atoms with van der Waals surface area (Å²) in [6, 6.07) is 28.9. The molecule has 0 radical (unpaired) electrons. The van der Waals surface area contributed by atoms with Crippen LogP contribution >= 0.6 is 0 Å². The highest BCUT2D eigenvalue weighted by molar-refractivity contribution is 7.93. The number of aromatic carboxylic acids is 2. The number of carboxylic acids is 2. The number of alkyl halides is 6. The average Bonchev–Trinajstić information content (AvgIpc) is 3.36. The van der Waals surface area contributed by atoms with Crippen molar-refractivity contribution in [3.8, 4) is 0 Å². The molecule has 0 unspecified atom stereocenters. The first-order valence-electron chi connectivity index (χ1n) is 24.3. The molecule has 0 aromatic heterocycles. The second-order valence-electron chi connectivity index (χ2n) is 18.4. The van der Waals surface area contributed by atoms with Gasteiger partial charge in [-0.05, 0) is 184 Å². The smallest absolute Gasteiger partial charge is 0.416 e. The monoisotopic (exact) mass is 1080 g/mol. The molecule has 0 atom stereocenters. The van der Waals surface area contributed by atoms with Gasteiger partial charge in [0, 0.05) is 18.8 Å². The number of unbranched alkanes of at least 4 members (excludes halogenated alkanes) is 2. The van der Waals surface area contributed by atoms with Crippen molar-refractivity contribution in [2.75, 3.05) is 28.5 Å². The molecule has 0 aliphatic heterocycles. The lowest BCUT2D eigenvalue weighted by Gasteiger charge is -2.29. The van der Waals surface area contributed by atoms with Gasteiger partial charge >= 0.3 is 24.3 Å². The summed E-state index contributed by atoms with van der Waals surface area (Å²) < 4.78 is 134. The van der Waals surface area contributed by atoms with Gasteiger partial charge in [-0.3, -0.25) is 4.31 Å². The number of carboxylic acid groups (broad SMARTS) is 2. The molecule has 0 aliphatic rings. The van der Waals surface area contributed by atoms with E-state index in [1.54, 1.807) is 28.6 Å². The Kier molecular flexibility index (Phi) is 19.9. The number of hydrogen-bond acceptors (Lipinski definition) is 7. The van der Waals surface area contributed by atoms with Gasteiger partial charge in [0.2, 0.25) is 0 Å². The van der Waals surface area contributed by atoms with Crippen LogP contribution in [0.15, 0.2) is 125 Å². The first-order chi connectivity index (χ1) is 35.2. The van der Waals surface area contributed by atoms with Gasteiger partial charge in [0.05, 0.1) is 43.5 Å². The molecule has 0 heterocycles. The van der Waals surface area contributed by atoms with Crippen LogP contribution in [0.3, 0.4) is 0 Å². The van der Waals surface area contributed by atoms with E-state index in [1.807, 2.05) is 95.3 Å². The van der Waals surface area contributed by atoms with E-state index < -0.39 is 65.9 Å². The standard InChI is InChI=1S/C30H37NO4S.C27H25F6NO4S/c1-7-8-19-31(36(34,35)29-23(5)21(3)20(2)22(4)24(29)6)28-12-10-9-11-26(28)16-13-25-14-17-27(18-15-25)30(32)33;28-26(29,30)21-15-22(27(31,32)33)17-23(16-21)39(37,38)14-4-3-13-34-24-6-2-1-5-19(24)10-7-18-8-11-20(12-9-18)25(35)36/h9-12,14-15,17-18H,7-8,13,16,19H2,1-6H3,(H,32,33);1-2,5-6,8-9,11-12,15-17,34H,3-4,7,10,13-14H2,(H,35,36). The van der Waals surface area contributed by atoms with Crippen LogP contribution in [0.4, 0.5) is 37.7 Å². The van der Waals surface area contributed by atoms with Crippen LogP contribution in [0, 0.1) is 34.6 Å². The fraction of sp³-hybridized carbons (Fsp3) is 0.333. The maximum absolute atomic E-state index is 14.3. The highest BCUT2D eigenvalue weighted by atomic mass is 32.2. The van der Waals surface area contributed by atoms with E-state index in [-0.39, 0.29) is 35.7 Å². The van der Waals surface area contributed by atoms with Crippen LogP contribution in [-0.2, 0) is 57.9 Å². The van der Waals surface area contributed by atoms with Gasteiger partial charge in [-0.25, -0.2) is 26.4 Å². The third-order valence-electron chi connectivity index (χ3n) is 13.3. The van der Waals surface area contributed by atoms with Crippen LogP contribution in [0.1, 0.15) is 115 Å². The molecule has 0 aliphatic carbocycles. The summed E-state index contributed by atoms with van der Waals surface area (Å²) in [5, 5.41) is 21.3. The van der Waals surface area contributed by atoms with Gasteiger partial charge in [0.25, 0.3) is 10.0 Å². The molecule has 0 saturated heterocycles. The first-order valence-corrected chi connectivity index (χ1v) is 27.4. The van der Waals surface area contributed by atoms with E-state index in [0.717, 1.165) is 68.6 Å². The summed E-state index contributed by atoms with van der Waals surface area (Å²) in [4.78, 5) is 21.5. The number of sulfone groups is 1. The highest BCUT2D eigenvalue weighted by Gasteiger charge is 2.38. The van der Waals surface area contributed by atoms with Crippen molar-refractivity contribution in [2.45, 2.75) is 115 Å². The van der Waals surface area contributed by atoms with E-state index >= 15 is 0 Å². The lowest BCUT2D eigenvalue weighted by atomic mass is 9.95. The molecule has 6 aromatic carbocycles. The van der Waals surface area contributed by atoms with E-state index in [4.69, 9.17) is 10.2 Å². The molecule has 402 valence electrons. The molecular formula is C57H62F6N2O8S2. The predicted molar refractivity (Wildman–Crippen MR) is 280 cm³/mol. The maximum Gasteiger partial charge on any atom is 0.416 e. The Hall–Kier alpha value is -6.66. The van der Waals surface area contributed by atoms with E-state index in [1.165, 1.54) is 12.1 Å². The number of nitrogens with one attached hydrogen (secondary N) is 1. The van der Waals surface area contributed by atoms with Crippen molar-refractivity contribution in [1.29, 1.82) is 0 Å². The van der Waals surface area contributed by atoms with Gasteiger partial charge in [-0.2, -0.15) is 26.3 Å². The molecule has 0 fully saturated rings. The molecule has 10 nitrogen and oxygen atoms in total. The maximum atomic E-state index is 14.3. The lowest BCUT2D eigenvalue weighted by Crippen LogP contribution is -2.34. The zero-order chi connectivity index (χ0) is 55.5. The van der Waals surface area contributed by atoms with E-state index in [0.29, 0.717) is 55.8 Å². The number of carbonyl (C=O) groups is 2. The summed E-state index contributed by atoms with van der Waals surface area (Å²) >= 11 is 0. The number of nitrogens with zero attached hydrogens (tertiary/aromatic N) is 1. The SMILES string of the molecule is CCCCN(c1ccccc1CCc1ccc(C(=O)O)cc1)S(=O)(=O)c1c(C)c(C)c(C)c(C)c1C.O=C(O)c1ccc(CCc2ccccc2NCCCCS(=O)(=O)c2cc(C(F)(F)F)cc(C(F)(F)F)c2)cc1. The fourth-order valence-corrected chi connectivity index (χ4v) is 12.1. The molecule has 18 heteroatoms. The van der Waals surface area contributed by atoms with Crippen molar-refractivity contribution in [1.82, 2.24) is 0 Å².